The number of guanidine groups is 1. The first-order valence-electron chi connectivity index (χ1n) is 11.0. The van der Waals surface area contributed by atoms with E-state index in [1.807, 2.05) is 12.1 Å². The summed E-state index contributed by atoms with van der Waals surface area (Å²) in [6.07, 6.45) is 2.29. The third-order valence-corrected chi connectivity index (χ3v) is 6.15. The van der Waals surface area contributed by atoms with Crippen LogP contribution < -0.4 is 10.6 Å². The van der Waals surface area contributed by atoms with Gasteiger partial charge in [-0.15, -0.1) is 24.0 Å². The number of nitrogens with two attached hydrogens (primary N) is 1. The molecule has 0 bridgehead atoms. The van der Waals surface area contributed by atoms with Crippen LogP contribution in [0.4, 0.5) is 5.69 Å². The van der Waals surface area contributed by atoms with Gasteiger partial charge in [0.25, 0.3) is 0 Å². The molecule has 8 heteroatoms. The average Bonchev–Trinajstić information content (AvgIpc) is 2.83. The predicted molar refractivity (Wildman–Crippen MR) is 141 cm³/mol. The molecule has 2 fully saturated rings. The fraction of sp³-hybridized carbons (Fsp3) is 0.458. The first-order chi connectivity index (χ1) is 15.2. The number of halogens is 2. The van der Waals surface area contributed by atoms with E-state index in [2.05, 4.69) is 51.2 Å². The van der Waals surface area contributed by atoms with Gasteiger partial charge in [-0.2, -0.15) is 0 Å². The summed E-state index contributed by atoms with van der Waals surface area (Å²) < 4.78 is 11.4. The molecule has 2 heterocycles. The Bertz CT molecular complexity index is 849. The molecule has 0 aromatic heterocycles. The lowest BCUT2D eigenvalue weighted by atomic mass is 10.1. The van der Waals surface area contributed by atoms with E-state index in [0.29, 0.717) is 25.2 Å². The van der Waals surface area contributed by atoms with Crippen molar-refractivity contribution < 1.29 is 9.47 Å². The van der Waals surface area contributed by atoms with Gasteiger partial charge in [0.15, 0.2) is 5.96 Å². The maximum Gasteiger partial charge on any atom is 0.191 e. The van der Waals surface area contributed by atoms with Crippen LogP contribution in [0.15, 0.2) is 53.5 Å². The van der Waals surface area contributed by atoms with Crippen molar-refractivity contribution >= 4 is 47.2 Å². The minimum absolute atomic E-state index is 0. The number of hydrogen-bond donors (Lipinski definition) is 1. The van der Waals surface area contributed by atoms with Gasteiger partial charge in [-0.1, -0.05) is 35.9 Å². The van der Waals surface area contributed by atoms with Gasteiger partial charge in [-0.25, -0.2) is 4.99 Å². The summed E-state index contributed by atoms with van der Waals surface area (Å²) in [5.41, 5.74) is 9.80. The van der Waals surface area contributed by atoms with Crippen molar-refractivity contribution in [2.45, 2.75) is 32.1 Å². The van der Waals surface area contributed by atoms with E-state index in [1.165, 1.54) is 11.3 Å². The van der Waals surface area contributed by atoms with Gasteiger partial charge in [0.1, 0.15) is 0 Å². The SMILES string of the molecule is I.NC(=NCc1ccc(COC2CCOCC2)cc1)N1CCN(c2ccc(Cl)cc2)CC1. The predicted octanol–water partition coefficient (Wildman–Crippen LogP) is 4.29. The summed E-state index contributed by atoms with van der Waals surface area (Å²) in [5.74, 6) is 0.614. The molecule has 2 aromatic rings. The highest BCUT2D eigenvalue weighted by Crippen LogP contribution is 2.19. The summed E-state index contributed by atoms with van der Waals surface area (Å²) in [7, 11) is 0. The monoisotopic (exact) mass is 570 g/mol. The highest BCUT2D eigenvalue weighted by Gasteiger charge is 2.18. The molecule has 0 saturated carbocycles. The van der Waals surface area contributed by atoms with Gasteiger partial charge in [0, 0.05) is 50.1 Å². The van der Waals surface area contributed by atoms with E-state index in [1.54, 1.807) is 0 Å². The lowest BCUT2D eigenvalue weighted by Gasteiger charge is -2.36. The highest BCUT2D eigenvalue weighted by molar-refractivity contribution is 14.0. The Hall–Kier alpha value is -1.55. The second kappa shape index (κ2) is 12.6. The molecule has 0 amide bonds. The molecule has 2 N–H and O–H groups in total. The molecule has 4 rings (SSSR count). The number of nitrogens with zero attached hydrogens (tertiary/aromatic N) is 3. The van der Waals surface area contributed by atoms with Crippen molar-refractivity contribution in [1.29, 1.82) is 0 Å². The third-order valence-electron chi connectivity index (χ3n) is 5.90. The van der Waals surface area contributed by atoms with Gasteiger partial charge in [-0.05, 0) is 48.2 Å². The molecule has 0 spiro atoms. The molecule has 0 unspecified atom stereocenters. The zero-order chi connectivity index (χ0) is 21.5. The van der Waals surface area contributed by atoms with Crippen molar-refractivity contribution in [3.05, 3.63) is 64.7 Å². The second-order valence-electron chi connectivity index (χ2n) is 8.06. The zero-order valence-electron chi connectivity index (χ0n) is 18.3. The largest absolute Gasteiger partial charge is 0.381 e. The third kappa shape index (κ3) is 7.23. The van der Waals surface area contributed by atoms with Gasteiger partial charge >= 0.3 is 0 Å². The maximum absolute atomic E-state index is 6.27. The van der Waals surface area contributed by atoms with Gasteiger partial charge in [-0.3, -0.25) is 0 Å². The van der Waals surface area contributed by atoms with Gasteiger partial charge in [0.05, 0.1) is 19.3 Å². The fourth-order valence-electron chi connectivity index (χ4n) is 3.92. The molecule has 2 aliphatic rings. The van der Waals surface area contributed by atoms with Crippen LogP contribution in [0.3, 0.4) is 0 Å². The summed E-state index contributed by atoms with van der Waals surface area (Å²) in [4.78, 5) is 9.12. The number of piperazine rings is 1. The van der Waals surface area contributed by atoms with Crippen LogP contribution in [0.1, 0.15) is 24.0 Å². The molecule has 2 aliphatic heterocycles. The molecule has 0 atom stereocenters. The fourth-order valence-corrected chi connectivity index (χ4v) is 4.04. The Balaban J connectivity index is 0.00000289. The summed E-state index contributed by atoms with van der Waals surface area (Å²) in [5, 5.41) is 0.763. The van der Waals surface area contributed by atoms with Crippen LogP contribution in [0.5, 0.6) is 0 Å². The van der Waals surface area contributed by atoms with Crippen LogP contribution in [0.25, 0.3) is 0 Å². The number of benzene rings is 2. The van der Waals surface area contributed by atoms with Gasteiger partial charge in [0.2, 0.25) is 0 Å². The van der Waals surface area contributed by atoms with Crippen molar-refractivity contribution in [3.63, 3.8) is 0 Å². The Kier molecular flexibility index (Phi) is 9.90. The average molecular weight is 571 g/mol. The minimum atomic E-state index is 0. The van der Waals surface area contributed by atoms with Crippen molar-refractivity contribution in [3.8, 4) is 0 Å². The van der Waals surface area contributed by atoms with Crippen molar-refractivity contribution in [2.75, 3.05) is 44.3 Å². The van der Waals surface area contributed by atoms with E-state index >= 15 is 0 Å². The number of anilines is 1. The quantitative estimate of drug-likeness (QED) is 0.319. The molecular weight excluding hydrogens is 539 g/mol. The maximum atomic E-state index is 6.27. The summed E-state index contributed by atoms with van der Waals surface area (Å²) in [6, 6.07) is 16.4. The Labute approximate surface area is 212 Å². The number of hydrogen-bond acceptors (Lipinski definition) is 4. The molecule has 0 radical (unpaired) electrons. The van der Waals surface area contributed by atoms with E-state index in [9.17, 15) is 0 Å². The van der Waals surface area contributed by atoms with Gasteiger partial charge < -0.3 is 25.0 Å². The van der Waals surface area contributed by atoms with Crippen LogP contribution >= 0.6 is 35.6 Å². The molecule has 2 saturated heterocycles. The van der Waals surface area contributed by atoms with E-state index in [4.69, 9.17) is 26.8 Å². The first-order valence-corrected chi connectivity index (χ1v) is 11.4. The van der Waals surface area contributed by atoms with Crippen molar-refractivity contribution in [2.24, 2.45) is 10.7 Å². The van der Waals surface area contributed by atoms with Crippen LogP contribution in [-0.4, -0.2) is 56.4 Å². The van der Waals surface area contributed by atoms with Crippen molar-refractivity contribution in [1.82, 2.24) is 4.90 Å². The molecular formula is C24H32ClIN4O2. The van der Waals surface area contributed by atoms with E-state index in [-0.39, 0.29) is 24.0 Å². The molecule has 174 valence electrons. The Morgan fingerprint density at radius 1 is 0.969 bits per heavy atom. The summed E-state index contributed by atoms with van der Waals surface area (Å²) in [6.45, 7) is 6.40. The molecule has 2 aromatic carbocycles. The van der Waals surface area contributed by atoms with Crippen LogP contribution in [-0.2, 0) is 22.6 Å². The summed E-state index contributed by atoms with van der Waals surface area (Å²) >= 11 is 5.99. The highest BCUT2D eigenvalue weighted by atomic mass is 127. The number of aliphatic imine (C=N–C) groups is 1. The van der Waals surface area contributed by atoms with Crippen LogP contribution in [0.2, 0.25) is 5.02 Å². The normalized spacial score (nSPS) is 17.8. The van der Waals surface area contributed by atoms with E-state index < -0.39 is 0 Å². The number of rotatable bonds is 6. The minimum Gasteiger partial charge on any atom is -0.381 e. The van der Waals surface area contributed by atoms with E-state index in [0.717, 1.165) is 62.8 Å². The molecule has 0 aliphatic carbocycles. The lowest BCUT2D eigenvalue weighted by Crippen LogP contribution is -2.51. The topological polar surface area (TPSA) is 63.3 Å². The van der Waals surface area contributed by atoms with Crippen LogP contribution in [0, 0.1) is 0 Å². The lowest BCUT2D eigenvalue weighted by molar-refractivity contribution is -0.0390. The standard InChI is InChI=1S/C24H31ClN4O2.HI/c25-21-5-7-22(8-6-21)28-11-13-29(14-12-28)24(26)27-17-19-1-3-20(4-2-19)18-31-23-9-15-30-16-10-23;/h1-8,23H,9-18H2,(H2,26,27);1H. The Morgan fingerprint density at radius 2 is 1.59 bits per heavy atom. The Morgan fingerprint density at radius 3 is 2.25 bits per heavy atom. The second-order valence-corrected chi connectivity index (χ2v) is 8.50. The number of ether oxygens (including phenoxy) is 2. The molecule has 32 heavy (non-hydrogen) atoms. The zero-order valence-corrected chi connectivity index (χ0v) is 21.4. The molecule has 6 nitrogen and oxygen atoms in total. The first kappa shape index (κ1) is 25.1. The smallest absolute Gasteiger partial charge is 0.191 e.